The van der Waals surface area contributed by atoms with Gasteiger partial charge in [0, 0.05) is 25.3 Å². The fourth-order valence-electron chi connectivity index (χ4n) is 3.60. The summed E-state index contributed by atoms with van der Waals surface area (Å²) in [5.41, 5.74) is 4.30. The highest BCUT2D eigenvalue weighted by Crippen LogP contribution is 2.31. The molecule has 0 spiro atoms. The third-order valence-electron chi connectivity index (χ3n) is 6.01. The molecule has 3 aromatic rings. The van der Waals surface area contributed by atoms with E-state index in [0.29, 0.717) is 12.6 Å². The van der Waals surface area contributed by atoms with Crippen LogP contribution in [0.25, 0.3) is 11.3 Å². The molecule has 6 nitrogen and oxygen atoms in total. The molecule has 33 heavy (non-hydrogen) atoms. The van der Waals surface area contributed by atoms with Gasteiger partial charge in [-0.25, -0.2) is 0 Å². The van der Waals surface area contributed by atoms with E-state index in [1.54, 1.807) is 20.8 Å². The summed E-state index contributed by atoms with van der Waals surface area (Å²) in [4.78, 5) is 14.0. The van der Waals surface area contributed by atoms with Crippen molar-refractivity contribution in [1.29, 1.82) is 0 Å². The first kappa shape index (κ1) is 23.1. The van der Waals surface area contributed by atoms with Crippen LogP contribution < -0.4 is 9.64 Å². The Morgan fingerprint density at radius 3 is 2.58 bits per heavy atom. The van der Waals surface area contributed by atoms with Crippen molar-refractivity contribution in [3.63, 3.8) is 0 Å². The minimum Gasteiger partial charge on any atom is -0.490 e. The van der Waals surface area contributed by atoms with E-state index in [9.17, 15) is 4.79 Å². The monoisotopic (exact) mass is 447 g/mol. The minimum atomic E-state index is -0.848. The van der Waals surface area contributed by atoms with Gasteiger partial charge in [0.2, 0.25) is 0 Å². The summed E-state index contributed by atoms with van der Waals surface area (Å²) in [6, 6.07) is 18.6. The Labute approximate surface area is 196 Å². The van der Waals surface area contributed by atoms with E-state index in [2.05, 4.69) is 35.2 Å². The zero-order valence-corrected chi connectivity index (χ0v) is 20.2. The maximum atomic E-state index is 11.9. The quantitative estimate of drug-likeness (QED) is 0.433. The van der Waals surface area contributed by atoms with E-state index in [-0.39, 0.29) is 12.4 Å². The number of benzene rings is 2. The Hall–Kier alpha value is -3.12. The molecule has 6 heteroatoms. The van der Waals surface area contributed by atoms with Crippen LogP contribution in [0.1, 0.15) is 44.9 Å². The molecule has 2 aromatic carbocycles. The molecule has 0 unspecified atom stereocenters. The van der Waals surface area contributed by atoms with Crippen molar-refractivity contribution in [1.82, 2.24) is 9.78 Å². The van der Waals surface area contributed by atoms with Crippen molar-refractivity contribution in [2.75, 3.05) is 19.0 Å². The number of hydrogen-bond acceptors (Lipinski definition) is 5. The predicted molar refractivity (Wildman–Crippen MR) is 131 cm³/mol. The van der Waals surface area contributed by atoms with E-state index in [1.807, 2.05) is 43.0 Å². The second-order valence-corrected chi connectivity index (χ2v) is 9.40. The lowest BCUT2D eigenvalue weighted by atomic mass is 10.1. The van der Waals surface area contributed by atoms with E-state index in [1.165, 1.54) is 5.56 Å². The van der Waals surface area contributed by atoms with Gasteiger partial charge in [0.1, 0.15) is 11.4 Å². The van der Waals surface area contributed by atoms with Gasteiger partial charge < -0.3 is 14.4 Å². The summed E-state index contributed by atoms with van der Waals surface area (Å²) < 4.78 is 14.0. The molecule has 1 heterocycles. The van der Waals surface area contributed by atoms with Crippen LogP contribution in [0.3, 0.4) is 0 Å². The number of hydrogen-bond donors (Lipinski definition) is 0. The molecule has 0 saturated heterocycles. The summed E-state index contributed by atoms with van der Waals surface area (Å²) in [6.45, 7) is 6.01. The lowest BCUT2D eigenvalue weighted by Crippen LogP contribution is -2.32. The summed E-state index contributed by atoms with van der Waals surface area (Å²) in [5, 5.41) is 4.87. The maximum absolute atomic E-state index is 11.9. The number of carbonyl (C=O) groups is 1. The highest BCUT2D eigenvalue weighted by atomic mass is 16.5. The van der Waals surface area contributed by atoms with Crippen molar-refractivity contribution in [3.05, 3.63) is 65.9 Å². The van der Waals surface area contributed by atoms with E-state index >= 15 is 0 Å². The van der Waals surface area contributed by atoms with Gasteiger partial charge in [-0.2, -0.15) is 5.10 Å². The molecular formula is C27H33N3O3. The number of Topliss-reactive ketones (excluding diaryl/α,β-unsaturated/α-hetero) is 1. The van der Waals surface area contributed by atoms with Gasteiger partial charge in [0.05, 0.1) is 30.6 Å². The second kappa shape index (κ2) is 9.40. The van der Waals surface area contributed by atoms with Crippen LogP contribution in [0.4, 0.5) is 5.69 Å². The van der Waals surface area contributed by atoms with Crippen LogP contribution >= 0.6 is 0 Å². The third-order valence-corrected chi connectivity index (χ3v) is 6.01. The first-order chi connectivity index (χ1) is 15.7. The summed E-state index contributed by atoms with van der Waals surface area (Å²) in [7, 11) is 4.09. The summed E-state index contributed by atoms with van der Waals surface area (Å²) in [5.74, 6) is 0.874. The molecule has 0 amide bonds. The first-order valence-corrected chi connectivity index (χ1v) is 11.5. The second-order valence-electron chi connectivity index (χ2n) is 9.40. The molecule has 0 aliphatic heterocycles. The smallest absolute Gasteiger partial charge is 0.161 e. The normalized spacial score (nSPS) is 13.7. The number of para-hydroxylation sites is 1. The van der Waals surface area contributed by atoms with Crippen LogP contribution in [-0.2, 0) is 22.7 Å². The Morgan fingerprint density at radius 2 is 1.88 bits per heavy atom. The van der Waals surface area contributed by atoms with Crippen LogP contribution in [0.2, 0.25) is 0 Å². The molecule has 1 aromatic heterocycles. The van der Waals surface area contributed by atoms with Crippen molar-refractivity contribution >= 4 is 11.5 Å². The SMILES string of the molecule is CC(=O)C(C)(C)OCc1cc(-c2cccc(OC3CC3)c2)n(Cc2ccccc2N(C)C)n1. The highest BCUT2D eigenvalue weighted by molar-refractivity contribution is 5.83. The lowest BCUT2D eigenvalue weighted by Gasteiger charge is -2.21. The Balaban J connectivity index is 1.68. The molecule has 0 bridgehead atoms. The summed E-state index contributed by atoms with van der Waals surface area (Å²) in [6.07, 6.45) is 2.59. The molecule has 0 atom stereocenters. The number of ketones is 1. The van der Waals surface area contributed by atoms with Gasteiger partial charge in [-0.3, -0.25) is 9.48 Å². The Kier molecular flexibility index (Phi) is 6.56. The van der Waals surface area contributed by atoms with Crippen LogP contribution in [-0.4, -0.2) is 41.4 Å². The molecule has 0 N–H and O–H groups in total. The van der Waals surface area contributed by atoms with Gasteiger partial charge in [-0.05, 0) is 63.4 Å². The molecule has 1 saturated carbocycles. The standard InChI is InChI=1S/C27H33N3O3/c1-19(31)27(2,3)32-18-22-16-26(20-10-8-11-24(15-20)33-23-13-14-23)30(28-22)17-21-9-6-7-12-25(21)29(4)5/h6-12,15-16,23H,13-14,17-18H2,1-5H3. The Bertz CT molecular complexity index is 1130. The molecule has 1 fully saturated rings. The Morgan fingerprint density at radius 1 is 1.12 bits per heavy atom. The van der Waals surface area contributed by atoms with Crippen LogP contribution in [0.15, 0.2) is 54.6 Å². The van der Waals surface area contributed by atoms with Gasteiger partial charge in [-0.15, -0.1) is 0 Å². The molecule has 0 radical (unpaired) electrons. The number of nitrogens with zero attached hydrogens (tertiary/aromatic N) is 3. The summed E-state index contributed by atoms with van der Waals surface area (Å²) >= 11 is 0. The number of anilines is 1. The zero-order valence-electron chi connectivity index (χ0n) is 20.2. The molecule has 1 aliphatic rings. The van der Waals surface area contributed by atoms with Crippen molar-refractivity contribution < 1.29 is 14.3 Å². The maximum Gasteiger partial charge on any atom is 0.161 e. The lowest BCUT2D eigenvalue weighted by molar-refractivity contribution is -0.139. The topological polar surface area (TPSA) is 56.6 Å². The van der Waals surface area contributed by atoms with Crippen molar-refractivity contribution in [2.24, 2.45) is 0 Å². The molecule has 174 valence electrons. The van der Waals surface area contributed by atoms with Crippen molar-refractivity contribution in [2.45, 2.75) is 58.5 Å². The van der Waals surface area contributed by atoms with Gasteiger partial charge >= 0.3 is 0 Å². The van der Waals surface area contributed by atoms with E-state index in [4.69, 9.17) is 14.6 Å². The zero-order chi connectivity index (χ0) is 23.6. The fourth-order valence-corrected chi connectivity index (χ4v) is 3.60. The van der Waals surface area contributed by atoms with Gasteiger partial charge in [0.25, 0.3) is 0 Å². The van der Waals surface area contributed by atoms with E-state index < -0.39 is 5.60 Å². The third kappa shape index (κ3) is 5.63. The number of ether oxygens (including phenoxy) is 2. The molecular weight excluding hydrogens is 414 g/mol. The van der Waals surface area contributed by atoms with Gasteiger partial charge in [0.15, 0.2) is 5.78 Å². The fraction of sp³-hybridized carbons (Fsp3) is 0.407. The highest BCUT2D eigenvalue weighted by Gasteiger charge is 2.26. The number of rotatable bonds is 10. The largest absolute Gasteiger partial charge is 0.490 e. The van der Waals surface area contributed by atoms with Crippen LogP contribution in [0, 0.1) is 0 Å². The molecule has 4 rings (SSSR count). The predicted octanol–water partition coefficient (Wildman–Crippen LogP) is 5.09. The minimum absolute atomic E-state index is 0.00741. The number of aromatic nitrogens is 2. The average Bonchev–Trinajstić information content (AvgIpc) is 3.50. The van der Waals surface area contributed by atoms with Crippen LogP contribution in [0.5, 0.6) is 5.75 Å². The van der Waals surface area contributed by atoms with E-state index in [0.717, 1.165) is 41.2 Å². The van der Waals surface area contributed by atoms with Gasteiger partial charge in [-0.1, -0.05) is 30.3 Å². The van der Waals surface area contributed by atoms with Crippen molar-refractivity contribution in [3.8, 4) is 17.0 Å². The first-order valence-electron chi connectivity index (χ1n) is 11.5. The average molecular weight is 448 g/mol. The molecule has 1 aliphatic carbocycles. The number of carbonyl (C=O) groups excluding carboxylic acids is 1.